The Morgan fingerprint density at radius 3 is 1.38 bits per heavy atom. The van der Waals surface area contributed by atoms with Crippen LogP contribution in [0.25, 0.3) is 0 Å². The van der Waals surface area contributed by atoms with Crippen molar-refractivity contribution in [2.24, 2.45) is 0 Å². The molecule has 1 atom stereocenters. The Kier molecular flexibility index (Phi) is 16.6. The summed E-state index contributed by atoms with van der Waals surface area (Å²) in [5.74, 6) is 0. The zero-order valence-corrected chi connectivity index (χ0v) is 20.7. The molecular formula is C24H49NSi. The normalized spacial score (nSPS) is 13.2. The van der Waals surface area contributed by atoms with E-state index in [1.165, 1.54) is 96.3 Å². The predicted molar refractivity (Wildman–Crippen MR) is 125 cm³/mol. The van der Waals surface area contributed by atoms with Crippen LogP contribution in [0, 0.1) is 0 Å². The highest BCUT2D eigenvalue weighted by Gasteiger charge is 2.29. The second-order valence-corrected chi connectivity index (χ2v) is 10.4. The Hall–Kier alpha value is -0.343. The molecule has 0 aromatic rings. The molecule has 154 valence electrons. The lowest BCUT2D eigenvalue weighted by molar-refractivity contribution is 0.249. The van der Waals surface area contributed by atoms with Crippen molar-refractivity contribution in [2.45, 2.75) is 114 Å². The first kappa shape index (κ1) is 25.7. The van der Waals surface area contributed by atoms with Crippen molar-refractivity contribution in [1.82, 2.24) is 4.90 Å². The van der Waals surface area contributed by atoms with Gasteiger partial charge in [0.05, 0.1) is 0 Å². The quantitative estimate of drug-likeness (QED) is 0.137. The van der Waals surface area contributed by atoms with Gasteiger partial charge < -0.3 is 4.90 Å². The highest BCUT2D eigenvalue weighted by molar-refractivity contribution is 6.18. The Labute approximate surface area is 169 Å². The van der Waals surface area contributed by atoms with E-state index in [0.29, 0.717) is 6.04 Å². The molecule has 0 aliphatic rings. The average molecular weight is 380 g/mol. The molecule has 0 amide bonds. The van der Waals surface area contributed by atoms with Crippen LogP contribution >= 0.6 is 0 Å². The lowest BCUT2D eigenvalue weighted by Crippen LogP contribution is -2.38. The maximum absolute atomic E-state index is 4.06. The number of hydrogen-bond donors (Lipinski definition) is 0. The molecule has 0 aromatic heterocycles. The van der Waals surface area contributed by atoms with Gasteiger partial charge in [0.25, 0.3) is 0 Å². The van der Waals surface area contributed by atoms with Crippen LogP contribution in [-0.2, 0) is 0 Å². The summed E-state index contributed by atoms with van der Waals surface area (Å²) >= 11 is 0. The fourth-order valence-electron chi connectivity index (χ4n) is 4.01. The van der Waals surface area contributed by atoms with Crippen LogP contribution in [0.1, 0.15) is 103 Å². The van der Waals surface area contributed by atoms with Crippen molar-refractivity contribution in [2.75, 3.05) is 14.1 Å². The molecule has 0 radical (unpaired) electrons. The van der Waals surface area contributed by atoms with E-state index < -0.39 is 0 Å². The highest BCUT2D eigenvalue weighted by atomic mass is 28.1. The fourth-order valence-corrected chi connectivity index (χ4v) is 4.82. The maximum Gasteiger partial charge on any atom is 0.0222 e. The van der Waals surface area contributed by atoms with E-state index in [4.69, 9.17) is 0 Å². The monoisotopic (exact) mass is 379 g/mol. The minimum absolute atomic E-state index is 0.153. The van der Waals surface area contributed by atoms with Crippen molar-refractivity contribution < 1.29 is 0 Å². The van der Waals surface area contributed by atoms with Gasteiger partial charge in [-0.05, 0) is 20.5 Å². The molecule has 0 aromatic carbocycles. The molecule has 0 saturated heterocycles. The van der Waals surface area contributed by atoms with E-state index in [-0.39, 0.29) is 5.04 Å². The second kappa shape index (κ2) is 16.8. The minimum Gasteiger partial charge on any atom is -0.306 e. The topological polar surface area (TPSA) is 3.24 Å². The molecule has 0 saturated carbocycles. The van der Waals surface area contributed by atoms with Crippen molar-refractivity contribution >= 4 is 10.2 Å². The molecule has 0 rings (SSSR count). The van der Waals surface area contributed by atoms with Gasteiger partial charge in [-0.25, -0.2) is 0 Å². The maximum atomic E-state index is 4.06. The number of unbranched alkanes of at least 4 members (excludes halogenated alkanes) is 13. The van der Waals surface area contributed by atoms with Gasteiger partial charge in [0.2, 0.25) is 0 Å². The van der Waals surface area contributed by atoms with Crippen LogP contribution in [-0.4, -0.2) is 35.3 Å². The highest BCUT2D eigenvalue weighted by Crippen LogP contribution is 2.35. The van der Waals surface area contributed by atoms with E-state index in [9.17, 15) is 0 Å². The molecule has 0 aliphatic heterocycles. The molecular weight excluding hydrogens is 330 g/mol. The molecule has 0 bridgehead atoms. The molecule has 0 spiro atoms. The van der Waals surface area contributed by atoms with Gasteiger partial charge in [-0.2, -0.15) is 0 Å². The first-order valence-electron chi connectivity index (χ1n) is 11.5. The van der Waals surface area contributed by atoms with E-state index in [1.54, 1.807) is 0 Å². The van der Waals surface area contributed by atoms with E-state index >= 15 is 0 Å². The molecule has 0 heterocycles. The number of hydrogen-bond acceptors (Lipinski definition) is 1. The first-order chi connectivity index (χ1) is 12.5. The minimum atomic E-state index is 0.153. The van der Waals surface area contributed by atoms with Crippen LogP contribution in [0.15, 0.2) is 25.3 Å². The summed E-state index contributed by atoms with van der Waals surface area (Å²) in [7, 11) is 5.50. The number of nitrogens with zero attached hydrogens (tertiary/aromatic N) is 1. The number of rotatable bonds is 19. The molecule has 2 heteroatoms. The zero-order valence-electron chi connectivity index (χ0n) is 18.7. The molecule has 26 heavy (non-hydrogen) atoms. The van der Waals surface area contributed by atoms with E-state index in [1.807, 2.05) is 0 Å². The van der Waals surface area contributed by atoms with Crippen molar-refractivity contribution in [3.05, 3.63) is 25.3 Å². The molecule has 0 N–H and O–H groups in total. The smallest absolute Gasteiger partial charge is 0.0222 e. The van der Waals surface area contributed by atoms with Crippen molar-refractivity contribution in [3.63, 3.8) is 0 Å². The summed E-state index contributed by atoms with van der Waals surface area (Å²) in [6.45, 7) is 10.4. The Balaban J connectivity index is 3.57. The Morgan fingerprint density at radius 1 is 0.731 bits per heavy atom. The summed E-state index contributed by atoms with van der Waals surface area (Å²) in [5, 5.41) is 0.153. The lowest BCUT2D eigenvalue weighted by atomic mass is 9.92. The predicted octanol–water partition coefficient (Wildman–Crippen LogP) is 6.68. The van der Waals surface area contributed by atoms with Gasteiger partial charge in [-0.3, -0.25) is 0 Å². The molecule has 0 fully saturated rings. The van der Waals surface area contributed by atoms with Crippen molar-refractivity contribution in [3.8, 4) is 0 Å². The van der Waals surface area contributed by atoms with Gasteiger partial charge in [0, 0.05) is 21.3 Å². The van der Waals surface area contributed by atoms with Gasteiger partial charge in [0.1, 0.15) is 0 Å². The molecule has 1 nitrogen and oxygen atoms in total. The summed E-state index contributed by atoms with van der Waals surface area (Å²) in [4.78, 5) is 2.37. The van der Waals surface area contributed by atoms with Crippen molar-refractivity contribution in [1.29, 1.82) is 0 Å². The molecule has 1 unspecified atom stereocenters. The Bertz CT molecular complexity index is 329. The van der Waals surface area contributed by atoms with E-state index in [2.05, 4.69) is 51.2 Å². The van der Waals surface area contributed by atoms with Gasteiger partial charge >= 0.3 is 0 Å². The van der Waals surface area contributed by atoms with Gasteiger partial charge in [-0.15, -0.1) is 13.2 Å². The Morgan fingerprint density at radius 2 is 1.08 bits per heavy atom. The average Bonchev–Trinajstić information content (AvgIpc) is 2.64. The van der Waals surface area contributed by atoms with Crippen LogP contribution in [0.5, 0.6) is 0 Å². The third-order valence-corrected chi connectivity index (χ3v) is 7.54. The van der Waals surface area contributed by atoms with E-state index in [0.717, 1.165) is 10.2 Å². The zero-order chi connectivity index (χ0) is 19.7. The van der Waals surface area contributed by atoms with Gasteiger partial charge in [-0.1, -0.05) is 109 Å². The van der Waals surface area contributed by atoms with Crippen LogP contribution in [0.4, 0.5) is 0 Å². The fraction of sp³-hybridized carbons (Fsp3) is 0.833. The SMILES string of the molecule is C=CC([SiH3])(C=C)C(CCCCCCCCCCCCCCCC)N(C)C. The summed E-state index contributed by atoms with van der Waals surface area (Å²) < 4.78 is 0. The largest absolute Gasteiger partial charge is 0.306 e. The summed E-state index contributed by atoms with van der Waals surface area (Å²) in [5.41, 5.74) is 0. The second-order valence-electron chi connectivity index (χ2n) is 8.64. The van der Waals surface area contributed by atoms with Crippen LogP contribution in [0.3, 0.4) is 0 Å². The summed E-state index contributed by atoms with van der Waals surface area (Å²) in [6, 6.07) is 0.571. The van der Waals surface area contributed by atoms with Gasteiger partial charge in [0.15, 0.2) is 0 Å². The first-order valence-corrected chi connectivity index (χ1v) is 12.5. The third kappa shape index (κ3) is 12.1. The van der Waals surface area contributed by atoms with Crippen LogP contribution < -0.4 is 0 Å². The standard InChI is InChI=1S/C24H49NSi/c1-6-9-10-11-12-13-14-15-16-17-18-19-20-21-22-23(25(4)5)24(26,7-2)8-3/h7-8,23H,2-3,6,9-22H2,1,4-5,26H3. The lowest BCUT2D eigenvalue weighted by Gasteiger charge is -2.37. The third-order valence-electron chi connectivity index (χ3n) is 6.05. The molecule has 0 aliphatic carbocycles. The van der Waals surface area contributed by atoms with Crippen LogP contribution in [0.2, 0.25) is 5.04 Å². The summed E-state index contributed by atoms with van der Waals surface area (Å²) in [6.07, 6.45) is 25.5.